The van der Waals surface area contributed by atoms with Crippen molar-refractivity contribution in [1.82, 2.24) is 0 Å². The van der Waals surface area contributed by atoms with E-state index >= 15 is 0 Å². The number of amidine groups is 1. The minimum atomic E-state index is -0.210. The summed E-state index contributed by atoms with van der Waals surface area (Å²) in [7, 11) is 0. The average Bonchev–Trinajstić information content (AvgIpc) is 2.30. The Morgan fingerprint density at radius 2 is 2.18 bits per heavy atom. The van der Waals surface area contributed by atoms with E-state index in [2.05, 4.69) is 0 Å². The predicted octanol–water partition coefficient (Wildman–Crippen LogP) is 1.77. The van der Waals surface area contributed by atoms with Crippen molar-refractivity contribution in [2.75, 3.05) is 12.4 Å². The summed E-state index contributed by atoms with van der Waals surface area (Å²) in [6.45, 7) is 2.19. The van der Waals surface area contributed by atoms with E-state index in [0.29, 0.717) is 18.1 Å². The van der Waals surface area contributed by atoms with Crippen LogP contribution in [0.3, 0.4) is 0 Å². The Labute approximate surface area is 105 Å². The van der Waals surface area contributed by atoms with Crippen molar-refractivity contribution in [2.24, 2.45) is 5.73 Å². The Kier molecular flexibility index (Phi) is 5.56. The van der Waals surface area contributed by atoms with Crippen LogP contribution in [-0.2, 0) is 15.3 Å². The van der Waals surface area contributed by atoms with Gasteiger partial charge in [0.25, 0.3) is 0 Å². The minimum Gasteiger partial charge on any atom is -0.465 e. The molecule has 0 amide bonds. The van der Waals surface area contributed by atoms with Gasteiger partial charge in [0, 0.05) is 11.3 Å². The Morgan fingerprint density at radius 3 is 2.82 bits per heavy atom. The molecule has 0 bridgehead atoms. The van der Waals surface area contributed by atoms with E-state index in [1.54, 1.807) is 6.92 Å². The lowest BCUT2D eigenvalue weighted by Crippen LogP contribution is -2.13. The van der Waals surface area contributed by atoms with Crippen LogP contribution in [0.4, 0.5) is 0 Å². The smallest absolute Gasteiger partial charge is 0.315 e. The molecule has 0 saturated heterocycles. The van der Waals surface area contributed by atoms with Crippen LogP contribution >= 0.6 is 11.8 Å². The third kappa shape index (κ3) is 4.48. The van der Waals surface area contributed by atoms with Gasteiger partial charge < -0.3 is 10.5 Å². The van der Waals surface area contributed by atoms with Gasteiger partial charge in [-0.15, -0.1) is 11.8 Å². The molecule has 17 heavy (non-hydrogen) atoms. The van der Waals surface area contributed by atoms with Crippen molar-refractivity contribution in [3.8, 4) is 0 Å². The van der Waals surface area contributed by atoms with Crippen LogP contribution < -0.4 is 5.73 Å². The molecule has 0 fully saturated rings. The van der Waals surface area contributed by atoms with E-state index in [4.69, 9.17) is 15.9 Å². The number of thioether (sulfide) groups is 1. The van der Waals surface area contributed by atoms with Crippen molar-refractivity contribution in [3.63, 3.8) is 0 Å². The standard InChI is InChI=1S/C12H16N2O2S/c1-2-16-11(15)8-17-7-9-5-3-4-6-10(9)12(13)14/h3-6H,2,7-8H2,1H3,(H3,13,14). The summed E-state index contributed by atoms with van der Waals surface area (Å²) < 4.78 is 4.83. The Hall–Kier alpha value is -1.49. The highest BCUT2D eigenvalue weighted by molar-refractivity contribution is 7.99. The molecule has 92 valence electrons. The van der Waals surface area contributed by atoms with Gasteiger partial charge in [-0.25, -0.2) is 0 Å². The number of esters is 1. The molecular weight excluding hydrogens is 236 g/mol. The van der Waals surface area contributed by atoms with Gasteiger partial charge >= 0.3 is 5.97 Å². The zero-order chi connectivity index (χ0) is 12.7. The van der Waals surface area contributed by atoms with Crippen LogP contribution in [0, 0.1) is 5.41 Å². The van der Waals surface area contributed by atoms with Gasteiger partial charge in [0.05, 0.1) is 12.4 Å². The molecule has 0 aliphatic rings. The molecule has 0 aromatic heterocycles. The predicted molar refractivity (Wildman–Crippen MR) is 70.3 cm³/mol. The normalized spacial score (nSPS) is 9.94. The van der Waals surface area contributed by atoms with E-state index < -0.39 is 0 Å². The summed E-state index contributed by atoms with van der Waals surface area (Å²) in [5, 5.41) is 7.44. The lowest BCUT2D eigenvalue weighted by molar-refractivity contribution is -0.139. The Balaban J connectivity index is 2.52. The molecule has 0 aliphatic heterocycles. The maximum Gasteiger partial charge on any atom is 0.315 e. The van der Waals surface area contributed by atoms with Crippen LogP contribution in [-0.4, -0.2) is 24.2 Å². The monoisotopic (exact) mass is 252 g/mol. The van der Waals surface area contributed by atoms with Crippen molar-refractivity contribution in [1.29, 1.82) is 5.41 Å². The lowest BCUT2D eigenvalue weighted by atomic mass is 10.1. The topological polar surface area (TPSA) is 76.2 Å². The average molecular weight is 252 g/mol. The highest BCUT2D eigenvalue weighted by Crippen LogP contribution is 2.16. The number of ether oxygens (including phenoxy) is 1. The molecule has 1 rings (SSSR count). The Bertz CT molecular complexity index is 407. The molecule has 1 aromatic carbocycles. The first kappa shape index (κ1) is 13.6. The van der Waals surface area contributed by atoms with Crippen molar-refractivity contribution in [3.05, 3.63) is 35.4 Å². The number of hydrogen-bond acceptors (Lipinski definition) is 4. The van der Waals surface area contributed by atoms with Gasteiger partial charge in [-0.1, -0.05) is 24.3 Å². The molecule has 0 saturated carbocycles. The molecule has 0 radical (unpaired) electrons. The fourth-order valence-electron chi connectivity index (χ4n) is 1.36. The van der Waals surface area contributed by atoms with Crippen molar-refractivity contribution >= 4 is 23.6 Å². The first-order valence-electron chi connectivity index (χ1n) is 5.30. The number of nitrogens with one attached hydrogen (secondary N) is 1. The van der Waals surface area contributed by atoms with E-state index in [1.807, 2.05) is 24.3 Å². The summed E-state index contributed by atoms with van der Waals surface area (Å²) in [5.41, 5.74) is 7.17. The van der Waals surface area contributed by atoms with Gasteiger partial charge in [-0.3, -0.25) is 10.2 Å². The molecule has 0 spiro atoms. The summed E-state index contributed by atoms with van der Waals surface area (Å²) in [5.74, 6) is 0.810. The van der Waals surface area contributed by atoms with Crippen molar-refractivity contribution in [2.45, 2.75) is 12.7 Å². The summed E-state index contributed by atoms with van der Waals surface area (Å²) in [4.78, 5) is 11.1. The quantitative estimate of drug-likeness (QED) is 0.459. The fourth-order valence-corrected chi connectivity index (χ4v) is 2.18. The fraction of sp³-hybridized carbons (Fsp3) is 0.333. The first-order chi connectivity index (χ1) is 8.15. The zero-order valence-electron chi connectivity index (χ0n) is 9.73. The number of hydrogen-bond donors (Lipinski definition) is 2. The minimum absolute atomic E-state index is 0.0531. The molecule has 3 N–H and O–H groups in total. The van der Waals surface area contributed by atoms with E-state index in [0.717, 1.165) is 11.1 Å². The van der Waals surface area contributed by atoms with Gasteiger partial charge in [0.2, 0.25) is 0 Å². The molecular formula is C12H16N2O2S. The van der Waals surface area contributed by atoms with E-state index in [-0.39, 0.29) is 11.8 Å². The maximum atomic E-state index is 11.1. The molecule has 0 unspecified atom stereocenters. The third-order valence-electron chi connectivity index (χ3n) is 2.09. The first-order valence-corrected chi connectivity index (χ1v) is 6.46. The second-order valence-electron chi connectivity index (χ2n) is 3.37. The van der Waals surface area contributed by atoms with Gasteiger partial charge in [0.1, 0.15) is 5.84 Å². The number of rotatable bonds is 6. The van der Waals surface area contributed by atoms with Crippen LogP contribution in [0.25, 0.3) is 0 Å². The van der Waals surface area contributed by atoms with Crippen LogP contribution in [0.2, 0.25) is 0 Å². The zero-order valence-corrected chi connectivity index (χ0v) is 10.5. The van der Waals surface area contributed by atoms with Crippen LogP contribution in [0.15, 0.2) is 24.3 Å². The number of nitrogens with two attached hydrogens (primary N) is 1. The SMILES string of the molecule is CCOC(=O)CSCc1ccccc1C(=N)N. The maximum absolute atomic E-state index is 11.1. The molecule has 1 aromatic rings. The van der Waals surface area contributed by atoms with Gasteiger partial charge in [-0.2, -0.15) is 0 Å². The molecule has 4 nitrogen and oxygen atoms in total. The van der Waals surface area contributed by atoms with Gasteiger partial charge in [-0.05, 0) is 12.5 Å². The molecule has 5 heteroatoms. The second kappa shape index (κ2) is 6.96. The highest BCUT2D eigenvalue weighted by atomic mass is 32.2. The third-order valence-corrected chi connectivity index (χ3v) is 3.05. The van der Waals surface area contributed by atoms with Crippen LogP contribution in [0.5, 0.6) is 0 Å². The molecule has 0 heterocycles. The van der Waals surface area contributed by atoms with E-state index in [9.17, 15) is 4.79 Å². The molecule has 0 atom stereocenters. The van der Waals surface area contributed by atoms with Crippen molar-refractivity contribution < 1.29 is 9.53 Å². The van der Waals surface area contributed by atoms with Crippen LogP contribution in [0.1, 0.15) is 18.1 Å². The summed E-state index contributed by atoms with van der Waals surface area (Å²) >= 11 is 1.46. The number of carbonyl (C=O) groups excluding carboxylic acids is 1. The lowest BCUT2D eigenvalue weighted by Gasteiger charge is -2.07. The largest absolute Gasteiger partial charge is 0.465 e. The number of carbonyl (C=O) groups is 1. The number of benzene rings is 1. The summed E-state index contributed by atoms with van der Waals surface area (Å²) in [6, 6.07) is 7.46. The Morgan fingerprint density at radius 1 is 1.47 bits per heavy atom. The second-order valence-corrected chi connectivity index (χ2v) is 4.35. The molecule has 0 aliphatic carbocycles. The number of nitrogen functional groups attached to an aromatic ring is 1. The van der Waals surface area contributed by atoms with Gasteiger partial charge in [0.15, 0.2) is 0 Å². The summed E-state index contributed by atoms with van der Waals surface area (Å²) in [6.07, 6.45) is 0. The highest BCUT2D eigenvalue weighted by Gasteiger charge is 2.06. The van der Waals surface area contributed by atoms with E-state index in [1.165, 1.54) is 11.8 Å².